The highest BCUT2D eigenvalue weighted by atomic mass is 32.1. The second kappa shape index (κ2) is 6.65. The van der Waals surface area contributed by atoms with Gasteiger partial charge in [-0.15, -0.1) is 0 Å². The van der Waals surface area contributed by atoms with E-state index in [2.05, 4.69) is 24.1 Å². The zero-order valence-electron chi connectivity index (χ0n) is 11.7. The Kier molecular flexibility index (Phi) is 5.47. The molecule has 106 valence electrons. The highest BCUT2D eigenvalue weighted by Crippen LogP contribution is 2.26. The van der Waals surface area contributed by atoms with Crippen LogP contribution in [0.5, 0.6) is 0 Å². The van der Waals surface area contributed by atoms with E-state index < -0.39 is 5.97 Å². The fourth-order valence-electron chi connectivity index (χ4n) is 2.07. The summed E-state index contributed by atoms with van der Waals surface area (Å²) in [4.78, 5) is 26.6. The van der Waals surface area contributed by atoms with Crippen LogP contribution in [0.1, 0.15) is 60.7 Å². The molecule has 1 aromatic rings. The molecular formula is C13H20N2O3S. The third kappa shape index (κ3) is 3.76. The van der Waals surface area contributed by atoms with Crippen molar-refractivity contribution >= 4 is 28.2 Å². The van der Waals surface area contributed by atoms with Crippen LogP contribution in [0, 0.1) is 5.92 Å². The number of nitrogens with one attached hydrogen (secondary N) is 1. The summed E-state index contributed by atoms with van der Waals surface area (Å²) in [5.41, 5.74) is -0.156. The molecular weight excluding hydrogens is 264 g/mol. The van der Waals surface area contributed by atoms with Gasteiger partial charge in [0.1, 0.15) is 4.88 Å². The van der Waals surface area contributed by atoms with Crippen LogP contribution >= 0.6 is 11.3 Å². The Balaban J connectivity index is 2.94. The van der Waals surface area contributed by atoms with Gasteiger partial charge >= 0.3 is 5.97 Å². The van der Waals surface area contributed by atoms with Crippen molar-refractivity contribution < 1.29 is 14.7 Å². The summed E-state index contributed by atoms with van der Waals surface area (Å²) >= 11 is 1.11. The average molecular weight is 284 g/mol. The Hall–Kier alpha value is -1.43. The molecule has 1 heterocycles. The summed E-state index contributed by atoms with van der Waals surface area (Å²) in [5, 5.41) is 12.7. The first-order chi connectivity index (χ1) is 8.90. The predicted molar refractivity (Wildman–Crippen MR) is 76.2 cm³/mol. The van der Waals surface area contributed by atoms with Gasteiger partial charge < -0.3 is 10.4 Å². The number of carboxylic acid groups (broad SMARTS) is 1. The standard InChI is InChI=1S/C13H20N2O3S/c1-5-9(6-2)7(3)14-13-15-10(12(17)18)11(19-13)8(4)16/h7,9H,5-6H2,1-4H3,(H,14,15)(H,17,18). The number of carbonyl (C=O) groups excluding carboxylic acids is 1. The van der Waals surface area contributed by atoms with Crippen molar-refractivity contribution in [3.8, 4) is 0 Å². The Morgan fingerprint density at radius 3 is 2.32 bits per heavy atom. The lowest BCUT2D eigenvalue weighted by atomic mass is 9.96. The van der Waals surface area contributed by atoms with Gasteiger partial charge in [0.25, 0.3) is 0 Å². The van der Waals surface area contributed by atoms with Crippen LogP contribution in [0.15, 0.2) is 0 Å². The first kappa shape index (κ1) is 15.6. The van der Waals surface area contributed by atoms with Gasteiger partial charge in [0.05, 0.1) is 0 Å². The van der Waals surface area contributed by atoms with E-state index in [0.717, 1.165) is 24.2 Å². The van der Waals surface area contributed by atoms with E-state index in [0.29, 0.717) is 11.0 Å². The molecule has 0 saturated carbocycles. The number of carboxylic acids is 1. The van der Waals surface area contributed by atoms with Crippen molar-refractivity contribution in [2.75, 3.05) is 5.32 Å². The maximum Gasteiger partial charge on any atom is 0.356 e. The minimum Gasteiger partial charge on any atom is -0.476 e. The van der Waals surface area contributed by atoms with Crippen molar-refractivity contribution in [3.05, 3.63) is 10.6 Å². The van der Waals surface area contributed by atoms with E-state index in [1.807, 2.05) is 6.92 Å². The van der Waals surface area contributed by atoms with E-state index in [1.54, 1.807) is 0 Å². The number of thiazole rings is 1. The molecule has 0 aliphatic rings. The van der Waals surface area contributed by atoms with Crippen LogP contribution in [0.25, 0.3) is 0 Å². The highest BCUT2D eigenvalue weighted by molar-refractivity contribution is 7.17. The molecule has 2 N–H and O–H groups in total. The average Bonchev–Trinajstić information content (AvgIpc) is 2.74. The number of anilines is 1. The normalized spacial score (nSPS) is 12.5. The molecule has 1 rings (SSSR count). The van der Waals surface area contributed by atoms with Crippen LogP contribution in [0.4, 0.5) is 5.13 Å². The number of nitrogens with zero attached hydrogens (tertiary/aromatic N) is 1. The Labute approximate surface area is 117 Å². The minimum absolute atomic E-state index is 0.156. The summed E-state index contributed by atoms with van der Waals surface area (Å²) in [6.45, 7) is 7.65. The van der Waals surface area contributed by atoms with Gasteiger partial charge in [-0.2, -0.15) is 0 Å². The molecule has 0 aromatic carbocycles. The summed E-state index contributed by atoms with van der Waals surface area (Å²) < 4.78 is 0. The molecule has 5 nitrogen and oxygen atoms in total. The van der Waals surface area contributed by atoms with Gasteiger partial charge in [0, 0.05) is 13.0 Å². The van der Waals surface area contributed by atoms with Crippen molar-refractivity contribution in [1.29, 1.82) is 0 Å². The number of hydrogen-bond donors (Lipinski definition) is 2. The third-order valence-corrected chi connectivity index (χ3v) is 4.34. The van der Waals surface area contributed by atoms with Crippen molar-refractivity contribution in [3.63, 3.8) is 0 Å². The zero-order chi connectivity index (χ0) is 14.6. The Bertz CT molecular complexity index is 435. The monoisotopic (exact) mass is 284 g/mol. The first-order valence-electron chi connectivity index (χ1n) is 6.42. The number of carbonyl (C=O) groups is 2. The topological polar surface area (TPSA) is 79.3 Å². The number of aromatic nitrogens is 1. The number of Topliss-reactive ketones (excluding diaryl/α,β-unsaturated/α-hetero) is 1. The van der Waals surface area contributed by atoms with E-state index in [4.69, 9.17) is 5.11 Å². The largest absolute Gasteiger partial charge is 0.476 e. The van der Waals surface area contributed by atoms with Crippen LogP contribution in [0.3, 0.4) is 0 Å². The second-order valence-corrected chi connectivity index (χ2v) is 5.57. The summed E-state index contributed by atoms with van der Waals surface area (Å²) in [5.74, 6) is -0.930. The van der Waals surface area contributed by atoms with Crippen molar-refractivity contribution in [2.45, 2.75) is 46.6 Å². The SMILES string of the molecule is CCC(CC)C(C)Nc1nc(C(=O)O)c(C(C)=O)s1. The second-order valence-electron chi connectivity index (χ2n) is 4.57. The Morgan fingerprint density at radius 2 is 1.95 bits per heavy atom. The lowest BCUT2D eigenvalue weighted by molar-refractivity contribution is 0.0687. The highest BCUT2D eigenvalue weighted by Gasteiger charge is 2.22. The van der Waals surface area contributed by atoms with Gasteiger partial charge in [-0.3, -0.25) is 4.79 Å². The van der Waals surface area contributed by atoms with E-state index in [9.17, 15) is 9.59 Å². The van der Waals surface area contributed by atoms with Gasteiger partial charge in [-0.25, -0.2) is 9.78 Å². The quantitative estimate of drug-likeness (QED) is 0.751. The maximum atomic E-state index is 11.4. The fraction of sp³-hybridized carbons (Fsp3) is 0.615. The van der Waals surface area contributed by atoms with E-state index in [1.165, 1.54) is 6.92 Å². The molecule has 1 unspecified atom stereocenters. The molecule has 0 bridgehead atoms. The molecule has 0 saturated heterocycles. The molecule has 0 amide bonds. The summed E-state index contributed by atoms with van der Waals surface area (Å²) in [7, 11) is 0. The van der Waals surface area contributed by atoms with Gasteiger partial charge in [-0.1, -0.05) is 38.0 Å². The predicted octanol–water partition coefficient (Wildman–Crippen LogP) is 3.28. The molecule has 0 radical (unpaired) electrons. The summed E-state index contributed by atoms with van der Waals surface area (Å²) in [6, 6.07) is 0.197. The number of ketones is 1. The number of hydrogen-bond acceptors (Lipinski definition) is 5. The van der Waals surface area contributed by atoms with E-state index in [-0.39, 0.29) is 22.4 Å². The number of rotatable bonds is 7. The van der Waals surface area contributed by atoms with Gasteiger partial charge in [-0.05, 0) is 12.8 Å². The fourth-order valence-corrected chi connectivity index (χ4v) is 3.02. The van der Waals surface area contributed by atoms with Crippen LogP contribution < -0.4 is 5.32 Å². The summed E-state index contributed by atoms with van der Waals surface area (Å²) in [6.07, 6.45) is 2.09. The lowest BCUT2D eigenvalue weighted by Gasteiger charge is -2.21. The van der Waals surface area contributed by atoms with Crippen LogP contribution in [-0.4, -0.2) is 27.9 Å². The molecule has 0 aliphatic carbocycles. The van der Waals surface area contributed by atoms with Gasteiger partial charge in [0.15, 0.2) is 16.6 Å². The maximum absolute atomic E-state index is 11.4. The van der Waals surface area contributed by atoms with E-state index >= 15 is 0 Å². The van der Waals surface area contributed by atoms with Gasteiger partial charge in [0.2, 0.25) is 0 Å². The molecule has 0 aliphatic heterocycles. The molecule has 6 heteroatoms. The molecule has 0 fully saturated rings. The third-order valence-electron chi connectivity index (χ3n) is 3.26. The molecule has 1 atom stereocenters. The van der Waals surface area contributed by atoms with Crippen LogP contribution in [-0.2, 0) is 0 Å². The lowest BCUT2D eigenvalue weighted by Crippen LogP contribution is -2.24. The van der Waals surface area contributed by atoms with Crippen molar-refractivity contribution in [2.24, 2.45) is 5.92 Å². The van der Waals surface area contributed by atoms with Crippen LogP contribution in [0.2, 0.25) is 0 Å². The zero-order valence-corrected chi connectivity index (χ0v) is 12.5. The van der Waals surface area contributed by atoms with Crippen molar-refractivity contribution in [1.82, 2.24) is 4.98 Å². The minimum atomic E-state index is -1.16. The molecule has 19 heavy (non-hydrogen) atoms. The number of aromatic carboxylic acids is 1. The smallest absolute Gasteiger partial charge is 0.356 e. The first-order valence-corrected chi connectivity index (χ1v) is 7.23. The Morgan fingerprint density at radius 1 is 1.37 bits per heavy atom. The molecule has 0 spiro atoms. The molecule has 1 aromatic heterocycles.